The van der Waals surface area contributed by atoms with Crippen LogP contribution in [0.5, 0.6) is 0 Å². The second-order valence-corrected chi connectivity index (χ2v) is 6.58. The van der Waals surface area contributed by atoms with Gasteiger partial charge in [0.05, 0.1) is 6.10 Å². The van der Waals surface area contributed by atoms with Crippen LogP contribution in [0.1, 0.15) is 36.8 Å². The number of piperidine rings is 1. The SMILES string of the molecule is Cc1ccc(Cl)cc1CNC(=O)N1[C@H]2CC[C@H]1CC(O)C2. The van der Waals surface area contributed by atoms with Crippen LogP contribution in [0.3, 0.4) is 0 Å². The first kappa shape index (κ1) is 14.7. The molecular weight excluding hydrogens is 288 g/mol. The monoisotopic (exact) mass is 308 g/mol. The number of nitrogens with one attached hydrogen (secondary N) is 1. The molecule has 4 nitrogen and oxygen atoms in total. The number of benzene rings is 1. The van der Waals surface area contributed by atoms with Crippen molar-refractivity contribution in [3.63, 3.8) is 0 Å². The first-order valence-electron chi connectivity index (χ1n) is 7.54. The molecule has 1 aromatic rings. The standard InChI is InChI=1S/C16H21ClN2O2/c1-10-2-3-12(17)6-11(10)9-18-16(21)19-13-4-5-14(19)8-15(20)7-13/h2-3,6,13-15,20H,4-5,7-9H2,1H3,(H,18,21)/t13-,14-/m0/s1. The lowest BCUT2D eigenvalue weighted by molar-refractivity contribution is 0.0541. The molecule has 1 aromatic carbocycles. The van der Waals surface area contributed by atoms with E-state index in [-0.39, 0.29) is 24.2 Å². The first-order valence-corrected chi connectivity index (χ1v) is 7.91. The molecule has 2 atom stereocenters. The van der Waals surface area contributed by atoms with Gasteiger partial charge in [0.2, 0.25) is 0 Å². The Morgan fingerprint density at radius 1 is 1.38 bits per heavy atom. The summed E-state index contributed by atoms with van der Waals surface area (Å²) in [6, 6.07) is 6.08. The molecular formula is C16H21ClN2O2. The average molecular weight is 309 g/mol. The third-order valence-electron chi connectivity index (χ3n) is 4.68. The molecule has 0 spiro atoms. The molecule has 0 saturated carbocycles. The Morgan fingerprint density at radius 3 is 2.71 bits per heavy atom. The fourth-order valence-corrected chi connectivity index (χ4v) is 3.77. The van der Waals surface area contributed by atoms with Crippen LogP contribution in [0, 0.1) is 6.92 Å². The molecule has 2 fully saturated rings. The summed E-state index contributed by atoms with van der Waals surface area (Å²) in [4.78, 5) is 14.4. The number of fused-ring (bicyclic) bond motifs is 2. The number of aliphatic hydroxyl groups is 1. The number of urea groups is 1. The highest BCUT2D eigenvalue weighted by Gasteiger charge is 2.42. The van der Waals surface area contributed by atoms with Gasteiger partial charge in [0.25, 0.3) is 0 Å². The van der Waals surface area contributed by atoms with Crippen molar-refractivity contribution < 1.29 is 9.90 Å². The van der Waals surface area contributed by atoms with E-state index >= 15 is 0 Å². The Kier molecular flexibility index (Phi) is 4.09. The number of carbonyl (C=O) groups is 1. The molecule has 2 amide bonds. The molecule has 0 aromatic heterocycles. The number of aryl methyl sites for hydroxylation is 1. The van der Waals surface area contributed by atoms with Crippen LogP contribution in [-0.2, 0) is 6.54 Å². The number of aliphatic hydroxyl groups excluding tert-OH is 1. The van der Waals surface area contributed by atoms with Crippen LogP contribution in [0.15, 0.2) is 18.2 Å². The first-order chi connectivity index (χ1) is 10.0. The predicted molar refractivity (Wildman–Crippen MR) is 82.3 cm³/mol. The van der Waals surface area contributed by atoms with Gasteiger partial charge in [0.1, 0.15) is 0 Å². The zero-order valence-electron chi connectivity index (χ0n) is 12.2. The predicted octanol–water partition coefficient (Wildman–Crippen LogP) is 2.85. The van der Waals surface area contributed by atoms with Crippen LogP contribution in [0.4, 0.5) is 4.79 Å². The number of hydrogen-bond donors (Lipinski definition) is 2. The lowest BCUT2D eigenvalue weighted by Gasteiger charge is -2.37. The van der Waals surface area contributed by atoms with Crippen molar-refractivity contribution in [2.24, 2.45) is 0 Å². The lowest BCUT2D eigenvalue weighted by atomic mass is 10.0. The highest BCUT2D eigenvalue weighted by atomic mass is 35.5. The smallest absolute Gasteiger partial charge is 0.318 e. The third-order valence-corrected chi connectivity index (χ3v) is 4.92. The molecule has 2 bridgehead atoms. The van der Waals surface area contributed by atoms with Crippen LogP contribution in [-0.4, -0.2) is 34.2 Å². The van der Waals surface area contributed by atoms with Crippen molar-refractivity contribution in [2.75, 3.05) is 0 Å². The summed E-state index contributed by atoms with van der Waals surface area (Å²) in [6.45, 7) is 2.50. The van der Waals surface area contributed by atoms with Gasteiger partial charge < -0.3 is 15.3 Å². The number of carbonyl (C=O) groups excluding carboxylic acids is 1. The van der Waals surface area contributed by atoms with Crippen molar-refractivity contribution in [3.8, 4) is 0 Å². The third kappa shape index (κ3) is 3.01. The van der Waals surface area contributed by atoms with E-state index in [0.717, 1.165) is 24.0 Å². The zero-order chi connectivity index (χ0) is 15.0. The number of halogens is 1. The summed E-state index contributed by atoms with van der Waals surface area (Å²) in [5, 5.41) is 13.5. The average Bonchev–Trinajstić information content (AvgIpc) is 2.72. The summed E-state index contributed by atoms with van der Waals surface area (Å²) in [5.41, 5.74) is 2.16. The fourth-order valence-electron chi connectivity index (χ4n) is 3.57. The van der Waals surface area contributed by atoms with Gasteiger partial charge in [-0.05, 0) is 55.9 Å². The summed E-state index contributed by atoms with van der Waals surface area (Å²) in [7, 11) is 0. The van der Waals surface area contributed by atoms with Gasteiger partial charge in [0, 0.05) is 23.7 Å². The highest BCUT2D eigenvalue weighted by molar-refractivity contribution is 6.30. The van der Waals surface area contributed by atoms with Crippen LogP contribution in [0.25, 0.3) is 0 Å². The van der Waals surface area contributed by atoms with Crippen molar-refractivity contribution in [1.82, 2.24) is 10.2 Å². The second-order valence-electron chi connectivity index (χ2n) is 6.15. The Labute approximate surface area is 130 Å². The number of amides is 2. The van der Waals surface area contributed by atoms with E-state index < -0.39 is 0 Å². The van der Waals surface area contributed by atoms with Gasteiger partial charge in [-0.3, -0.25) is 0 Å². The van der Waals surface area contributed by atoms with Gasteiger partial charge in [-0.2, -0.15) is 0 Å². The summed E-state index contributed by atoms with van der Waals surface area (Å²) >= 11 is 6.00. The molecule has 2 N–H and O–H groups in total. The Bertz CT molecular complexity index is 535. The van der Waals surface area contributed by atoms with Gasteiger partial charge in [-0.1, -0.05) is 17.7 Å². The molecule has 2 heterocycles. The minimum Gasteiger partial charge on any atom is -0.393 e. The van der Waals surface area contributed by atoms with E-state index in [2.05, 4.69) is 5.32 Å². The maximum absolute atomic E-state index is 12.4. The summed E-state index contributed by atoms with van der Waals surface area (Å²) < 4.78 is 0. The van der Waals surface area contributed by atoms with Gasteiger partial charge in [-0.25, -0.2) is 4.79 Å². The molecule has 2 saturated heterocycles. The molecule has 0 aliphatic carbocycles. The largest absolute Gasteiger partial charge is 0.393 e. The summed E-state index contributed by atoms with van der Waals surface area (Å²) in [5.74, 6) is 0. The van der Waals surface area contributed by atoms with Gasteiger partial charge >= 0.3 is 6.03 Å². The van der Waals surface area contributed by atoms with Crippen molar-refractivity contribution in [3.05, 3.63) is 34.3 Å². The van der Waals surface area contributed by atoms with Crippen molar-refractivity contribution in [2.45, 2.75) is 57.3 Å². The number of rotatable bonds is 2. The molecule has 5 heteroatoms. The van der Waals surface area contributed by atoms with Gasteiger partial charge in [0.15, 0.2) is 0 Å². The van der Waals surface area contributed by atoms with Gasteiger partial charge in [-0.15, -0.1) is 0 Å². The van der Waals surface area contributed by atoms with E-state index in [1.54, 1.807) is 0 Å². The normalized spacial score (nSPS) is 27.8. The van der Waals surface area contributed by atoms with E-state index in [1.807, 2.05) is 30.0 Å². The quantitative estimate of drug-likeness (QED) is 0.882. The maximum Gasteiger partial charge on any atom is 0.318 e. The highest BCUT2D eigenvalue weighted by Crippen LogP contribution is 2.35. The maximum atomic E-state index is 12.4. The van der Waals surface area contributed by atoms with Crippen molar-refractivity contribution >= 4 is 17.6 Å². The van der Waals surface area contributed by atoms with E-state index in [4.69, 9.17) is 11.6 Å². The molecule has 0 radical (unpaired) electrons. The molecule has 3 rings (SSSR count). The fraction of sp³-hybridized carbons (Fsp3) is 0.562. The minimum absolute atomic E-state index is 0.0197. The van der Waals surface area contributed by atoms with Crippen LogP contribution in [0.2, 0.25) is 5.02 Å². The van der Waals surface area contributed by atoms with Crippen LogP contribution >= 0.6 is 11.6 Å². The molecule has 21 heavy (non-hydrogen) atoms. The topological polar surface area (TPSA) is 52.6 Å². The molecule has 2 aliphatic heterocycles. The Hall–Kier alpha value is -1.26. The van der Waals surface area contributed by atoms with E-state index in [9.17, 15) is 9.90 Å². The number of hydrogen-bond acceptors (Lipinski definition) is 2. The second kappa shape index (κ2) is 5.85. The Morgan fingerprint density at radius 2 is 2.05 bits per heavy atom. The molecule has 114 valence electrons. The van der Waals surface area contributed by atoms with Crippen LogP contribution < -0.4 is 5.32 Å². The molecule has 2 aliphatic rings. The zero-order valence-corrected chi connectivity index (χ0v) is 12.9. The molecule has 0 unspecified atom stereocenters. The lowest BCUT2D eigenvalue weighted by Crippen LogP contribution is -2.51. The van der Waals surface area contributed by atoms with Crippen molar-refractivity contribution in [1.29, 1.82) is 0 Å². The Balaban J connectivity index is 1.63. The van der Waals surface area contributed by atoms with E-state index in [1.165, 1.54) is 0 Å². The van der Waals surface area contributed by atoms with E-state index in [0.29, 0.717) is 24.4 Å². The minimum atomic E-state index is -0.248. The summed E-state index contributed by atoms with van der Waals surface area (Å²) in [6.07, 6.45) is 3.18. The number of nitrogens with zero attached hydrogens (tertiary/aromatic N) is 1.